The largest absolute Gasteiger partial charge is 0.459 e. The topological polar surface area (TPSA) is 46.5 Å². The minimum absolute atomic E-state index is 0.0397. The summed E-state index contributed by atoms with van der Waals surface area (Å²) in [5.74, 6) is -0.284. The van der Waals surface area contributed by atoms with Crippen LogP contribution in [0, 0.1) is 0 Å². The van der Waals surface area contributed by atoms with Gasteiger partial charge in [-0.05, 0) is 12.8 Å². The van der Waals surface area contributed by atoms with Crippen molar-refractivity contribution in [3.63, 3.8) is 0 Å². The van der Waals surface area contributed by atoms with Crippen molar-refractivity contribution in [1.29, 1.82) is 0 Å². The molecular weight excluding hydrogens is 144 g/mol. The Morgan fingerprint density at radius 1 is 1.73 bits per heavy atom. The van der Waals surface area contributed by atoms with Gasteiger partial charge < -0.3 is 9.84 Å². The highest BCUT2D eigenvalue weighted by Gasteiger charge is 2.26. The van der Waals surface area contributed by atoms with Crippen LogP contribution in [0.25, 0.3) is 0 Å². The fraction of sp³-hybridized carbons (Fsp3) is 0.625. The van der Waals surface area contributed by atoms with E-state index < -0.39 is 0 Å². The number of rotatable bonds is 3. The van der Waals surface area contributed by atoms with Crippen LogP contribution in [0.15, 0.2) is 12.2 Å². The minimum atomic E-state index is -0.284. The summed E-state index contributed by atoms with van der Waals surface area (Å²) in [7, 11) is 0. The number of aliphatic hydroxyl groups excluding tert-OH is 1. The number of ether oxygens (including phenoxy) is 1. The van der Waals surface area contributed by atoms with Crippen LogP contribution in [0.3, 0.4) is 0 Å². The lowest BCUT2D eigenvalue weighted by Gasteiger charge is -2.05. The van der Waals surface area contributed by atoms with Gasteiger partial charge in [0.25, 0.3) is 0 Å². The third-order valence-electron chi connectivity index (χ3n) is 1.72. The average Bonchev–Trinajstić information content (AvgIpc) is 2.28. The number of hydrogen-bond donors (Lipinski definition) is 1. The number of aliphatic hydroxyl groups is 1. The fourth-order valence-corrected chi connectivity index (χ4v) is 1.11. The first-order chi connectivity index (χ1) is 5.24. The van der Waals surface area contributed by atoms with Crippen LogP contribution >= 0.6 is 0 Å². The predicted octanol–water partition coefficient (Wildman–Crippen LogP) is 0.631. The van der Waals surface area contributed by atoms with E-state index in [1.165, 1.54) is 0 Å². The van der Waals surface area contributed by atoms with Crippen LogP contribution in [0.5, 0.6) is 0 Å². The highest BCUT2D eigenvalue weighted by atomic mass is 16.5. The molecule has 0 bridgehead atoms. The van der Waals surface area contributed by atoms with Crippen molar-refractivity contribution >= 4 is 5.97 Å². The quantitative estimate of drug-likeness (QED) is 0.481. The lowest BCUT2D eigenvalue weighted by Crippen LogP contribution is -2.06. The maximum Gasteiger partial charge on any atom is 0.333 e. The first kappa shape index (κ1) is 8.27. The van der Waals surface area contributed by atoms with Gasteiger partial charge in [-0.2, -0.15) is 0 Å². The van der Waals surface area contributed by atoms with Gasteiger partial charge in [0.15, 0.2) is 0 Å². The van der Waals surface area contributed by atoms with Crippen LogP contribution in [-0.4, -0.2) is 23.8 Å². The number of hydrogen-bond acceptors (Lipinski definition) is 3. The Morgan fingerprint density at radius 3 is 2.91 bits per heavy atom. The van der Waals surface area contributed by atoms with Gasteiger partial charge in [-0.15, -0.1) is 0 Å². The molecule has 0 saturated carbocycles. The molecule has 1 fully saturated rings. The van der Waals surface area contributed by atoms with E-state index in [0.717, 1.165) is 6.42 Å². The van der Waals surface area contributed by atoms with Crippen molar-refractivity contribution < 1.29 is 14.6 Å². The molecule has 1 atom stereocenters. The molecule has 1 saturated heterocycles. The molecule has 0 aromatic carbocycles. The van der Waals surface area contributed by atoms with Crippen molar-refractivity contribution in [1.82, 2.24) is 0 Å². The zero-order valence-electron chi connectivity index (χ0n) is 6.38. The molecule has 0 radical (unpaired) electrons. The Labute approximate surface area is 65.7 Å². The zero-order chi connectivity index (χ0) is 8.27. The lowest BCUT2D eigenvalue weighted by atomic mass is 10.1. The van der Waals surface area contributed by atoms with Crippen LogP contribution in [0.2, 0.25) is 0 Å². The zero-order valence-corrected chi connectivity index (χ0v) is 6.38. The first-order valence-electron chi connectivity index (χ1n) is 3.73. The minimum Gasteiger partial charge on any atom is -0.459 e. The van der Waals surface area contributed by atoms with Crippen LogP contribution in [0.1, 0.15) is 19.3 Å². The molecule has 11 heavy (non-hydrogen) atoms. The summed E-state index contributed by atoms with van der Waals surface area (Å²) in [5.41, 5.74) is 0.549. The van der Waals surface area contributed by atoms with Gasteiger partial charge in [-0.1, -0.05) is 6.58 Å². The predicted molar refractivity (Wildman–Crippen MR) is 40.0 cm³/mol. The molecule has 1 rings (SSSR count). The Bertz CT molecular complexity index is 158. The Morgan fingerprint density at radius 2 is 2.45 bits per heavy atom. The smallest absolute Gasteiger partial charge is 0.333 e. The Balaban J connectivity index is 2.29. The van der Waals surface area contributed by atoms with E-state index in [1.54, 1.807) is 0 Å². The number of carbonyl (C=O) groups excluding carboxylic acids is 1. The molecule has 1 aliphatic heterocycles. The highest BCUT2D eigenvalue weighted by Crippen LogP contribution is 2.21. The summed E-state index contributed by atoms with van der Waals surface area (Å²) < 4.78 is 4.93. The Kier molecular flexibility index (Phi) is 2.65. The SMILES string of the molecule is C=C1CC(CCCO)OC1=O. The highest BCUT2D eigenvalue weighted by molar-refractivity contribution is 5.89. The third kappa shape index (κ3) is 2.05. The molecular formula is C8H12O3. The molecule has 0 spiro atoms. The second-order valence-electron chi connectivity index (χ2n) is 2.70. The second-order valence-corrected chi connectivity index (χ2v) is 2.70. The summed E-state index contributed by atoms with van der Waals surface area (Å²) >= 11 is 0. The molecule has 1 unspecified atom stereocenters. The van der Waals surface area contributed by atoms with E-state index >= 15 is 0 Å². The van der Waals surface area contributed by atoms with Gasteiger partial charge in [0.1, 0.15) is 6.10 Å². The number of cyclic esters (lactones) is 1. The van der Waals surface area contributed by atoms with Crippen molar-refractivity contribution in [3.05, 3.63) is 12.2 Å². The van der Waals surface area contributed by atoms with Crippen LogP contribution < -0.4 is 0 Å². The first-order valence-corrected chi connectivity index (χ1v) is 3.73. The summed E-state index contributed by atoms with van der Waals surface area (Å²) in [4.78, 5) is 10.8. The molecule has 1 N–H and O–H groups in total. The van der Waals surface area contributed by atoms with Crippen LogP contribution in [-0.2, 0) is 9.53 Å². The summed E-state index contributed by atoms with van der Waals surface area (Å²) in [5, 5.41) is 8.50. The lowest BCUT2D eigenvalue weighted by molar-refractivity contribution is -0.139. The van der Waals surface area contributed by atoms with E-state index in [-0.39, 0.29) is 18.7 Å². The van der Waals surface area contributed by atoms with Crippen molar-refractivity contribution in [2.24, 2.45) is 0 Å². The number of esters is 1. The Hall–Kier alpha value is -0.830. The molecule has 3 heteroatoms. The van der Waals surface area contributed by atoms with E-state index in [4.69, 9.17) is 9.84 Å². The van der Waals surface area contributed by atoms with Gasteiger partial charge in [0.2, 0.25) is 0 Å². The average molecular weight is 156 g/mol. The molecule has 1 heterocycles. The van der Waals surface area contributed by atoms with E-state index in [2.05, 4.69) is 6.58 Å². The van der Waals surface area contributed by atoms with Gasteiger partial charge in [0, 0.05) is 18.6 Å². The number of carbonyl (C=O) groups is 1. The van der Waals surface area contributed by atoms with E-state index in [9.17, 15) is 4.79 Å². The van der Waals surface area contributed by atoms with Crippen molar-refractivity contribution in [3.8, 4) is 0 Å². The summed E-state index contributed by atoms with van der Waals surface area (Å²) in [6.07, 6.45) is 2.01. The van der Waals surface area contributed by atoms with Gasteiger partial charge in [0.05, 0.1) is 0 Å². The monoisotopic (exact) mass is 156 g/mol. The normalized spacial score (nSPS) is 23.9. The maximum absolute atomic E-state index is 10.8. The van der Waals surface area contributed by atoms with Crippen molar-refractivity contribution in [2.45, 2.75) is 25.4 Å². The van der Waals surface area contributed by atoms with E-state index in [1.807, 2.05) is 0 Å². The molecule has 0 aromatic rings. The molecule has 0 amide bonds. The van der Waals surface area contributed by atoms with Crippen LogP contribution in [0.4, 0.5) is 0 Å². The van der Waals surface area contributed by atoms with Gasteiger partial charge in [-0.3, -0.25) is 0 Å². The molecule has 1 aliphatic rings. The van der Waals surface area contributed by atoms with Gasteiger partial charge >= 0.3 is 5.97 Å². The van der Waals surface area contributed by atoms with Crippen molar-refractivity contribution in [2.75, 3.05) is 6.61 Å². The maximum atomic E-state index is 10.8. The fourth-order valence-electron chi connectivity index (χ4n) is 1.11. The van der Waals surface area contributed by atoms with E-state index in [0.29, 0.717) is 18.4 Å². The molecule has 0 aromatic heterocycles. The standard InChI is InChI=1S/C8H12O3/c1-6-5-7(3-2-4-9)11-8(6)10/h7,9H,1-5H2. The molecule has 62 valence electrons. The van der Waals surface area contributed by atoms with Gasteiger partial charge in [-0.25, -0.2) is 4.79 Å². The third-order valence-corrected chi connectivity index (χ3v) is 1.72. The summed E-state index contributed by atoms with van der Waals surface area (Å²) in [6.45, 7) is 3.71. The molecule has 3 nitrogen and oxygen atoms in total. The molecule has 0 aliphatic carbocycles. The summed E-state index contributed by atoms with van der Waals surface area (Å²) in [6, 6.07) is 0. The second kappa shape index (κ2) is 3.53.